The Hall–Kier alpha value is -1.25. The Kier molecular flexibility index (Phi) is 8.09. The first-order valence-electron chi connectivity index (χ1n) is 5.90. The van der Waals surface area contributed by atoms with Crippen LogP contribution in [0.5, 0.6) is 17.2 Å². The molecule has 0 aliphatic carbocycles. The summed E-state index contributed by atoms with van der Waals surface area (Å²) in [6.07, 6.45) is 0. The molecule has 0 aromatic heterocycles. The van der Waals surface area contributed by atoms with Crippen molar-refractivity contribution in [3.8, 4) is 17.2 Å². The first-order chi connectivity index (χ1) is 9.83. The number of hydrogen-bond donors (Lipinski definition) is 0. The van der Waals surface area contributed by atoms with Crippen molar-refractivity contribution in [3.63, 3.8) is 0 Å². The third-order valence-corrected chi connectivity index (χ3v) is 2.53. The minimum absolute atomic E-state index is 0.507. The molecule has 0 radical (unpaired) electrons. The van der Waals surface area contributed by atoms with E-state index in [1.165, 1.54) is 0 Å². The molecule has 20 heavy (non-hydrogen) atoms. The topological polar surface area (TPSA) is 27.7 Å². The van der Waals surface area contributed by atoms with Gasteiger partial charge in [-0.15, -0.1) is 12.1 Å². The number of benzene rings is 2. The Bertz CT molecular complexity index is 506. The van der Waals surface area contributed by atoms with Crippen molar-refractivity contribution in [1.29, 1.82) is 0 Å². The molecule has 2 aromatic carbocycles. The van der Waals surface area contributed by atoms with Crippen LogP contribution in [0.4, 0.5) is 0 Å². The number of halogens is 1. The molecule has 102 valence electrons. The van der Waals surface area contributed by atoms with Crippen LogP contribution >= 0.6 is 9.69 Å². The molecular formula is C15H15ClO3Zn. The number of ether oxygens (including phenoxy) is 3. The van der Waals surface area contributed by atoms with Crippen molar-refractivity contribution in [2.24, 2.45) is 0 Å². The molecule has 0 aliphatic rings. The van der Waals surface area contributed by atoms with Crippen LogP contribution in [0, 0.1) is 6.07 Å². The van der Waals surface area contributed by atoms with E-state index in [-0.39, 0.29) is 0 Å². The van der Waals surface area contributed by atoms with Gasteiger partial charge in [-0.05, 0) is 5.56 Å². The van der Waals surface area contributed by atoms with Gasteiger partial charge in [0.2, 0.25) is 0 Å². The fraction of sp³-hybridized carbons (Fsp3) is 0.200. The Morgan fingerprint density at radius 2 is 1.70 bits per heavy atom. The SMILES string of the molecule is COc1c[c-]c(OCc2ccccc2)cc1OC.[Cl][Zn+]. The van der Waals surface area contributed by atoms with Crippen LogP contribution in [-0.2, 0) is 23.9 Å². The molecule has 0 saturated carbocycles. The van der Waals surface area contributed by atoms with Gasteiger partial charge in [0.05, 0.1) is 20.0 Å². The van der Waals surface area contributed by atoms with Crippen molar-refractivity contribution in [2.75, 3.05) is 14.2 Å². The van der Waals surface area contributed by atoms with Crippen LogP contribution in [0.2, 0.25) is 0 Å². The molecule has 0 amide bonds. The summed E-state index contributed by atoms with van der Waals surface area (Å²) >= 11 is 0.847. The van der Waals surface area contributed by atoms with E-state index in [2.05, 4.69) is 6.07 Å². The summed E-state index contributed by atoms with van der Waals surface area (Å²) in [6, 6.07) is 16.5. The summed E-state index contributed by atoms with van der Waals surface area (Å²) < 4.78 is 16.0. The summed E-state index contributed by atoms with van der Waals surface area (Å²) in [6.45, 7) is 0.507. The van der Waals surface area contributed by atoms with Crippen LogP contribution < -0.4 is 14.2 Å². The van der Waals surface area contributed by atoms with Crippen molar-refractivity contribution in [3.05, 3.63) is 54.1 Å². The second-order valence-corrected chi connectivity index (χ2v) is 3.71. The molecule has 3 nitrogen and oxygen atoms in total. The van der Waals surface area contributed by atoms with Crippen LogP contribution in [-0.4, -0.2) is 14.2 Å². The van der Waals surface area contributed by atoms with Gasteiger partial charge >= 0.3 is 27.0 Å². The van der Waals surface area contributed by atoms with E-state index in [0.717, 1.165) is 22.9 Å². The Morgan fingerprint density at radius 3 is 2.30 bits per heavy atom. The average molecular weight is 344 g/mol. The quantitative estimate of drug-likeness (QED) is 0.611. The molecule has 0 atom stereocenters. The summed E-state index contributed by atoms with van der Waals surface area (Å²) in [5, 5.41) is 0. The van der Waals surface area contributed by atoms with Crippen molar-refractivity contribution >= 4 is 9.69 Å². The zero-order chi connectivity index (χ0) is 14.8. The van der Waals surface area contributed by atoms with E-state index in [4.69, 9.17) is 23.9 Å². The van der Waals surface area contributed by atoms with E-state index >= 15 is 0 Å². The van der Waals surface area contributed by atoms with Crippen LogP contribution in [0.3, 0.4) is 0 Å². The predicted octanol–water partition coefficient (Wildman–Crippen LogP) is 3.77. The Morgan fingerprint density at radius 1 is 1.05 bits per heavy atom. The normalized spacial score (nSPS) is 9.25. The molecule has 0 saturated heterocycles. The van der Waals surface area contributed by atoms with E-state index < -0.39 is 0 Å². The zero-order valence-corrected chi connectivity index (χ0v) is 15.3. The molecule has 2 rings (SSSR count). The standard InChI is InChI=1S/C15H15O3.ClH.Zn/c1-16-14-9-8-13(10-15(14)17-2)18-11-12-6-4-3-5-7-12;;/h3-7,9-10H,11H2,1-2H3;1H;/q-1;;+2/p-1. The molecule has 0 spiro atoms. The molecule has 0 aliphatic heterocycles. The average Bonchev–Trinajstić information content (AvgIpc) is 2.55. The molecule has 0 bridgehead atoms. The van der Waals surface area contributed by atoms with Crippen molar-refractivity contribution < 1.29 is 31.5 Å². The molecule has 2 aromatic rings. The van der Waals surface area contributed by atoms with E-state index in [0.29, 0.717) is 23.9 Å². The molecule has 0 unspecified atom stereocenters. The molecular weight excluding hydrogens is 329 g/mol. The molecule has 0 N–H and O–H groups in total. The summed E-state index contributed by atoms with van der Waals surface area (Å²) in [5.41, 5.74) is 1.11. The third-order valence-electron chi connectivity index (χ3n) is 2.53. The van der Waals surface area contributed by atoms with Crippen LogP contribution in [0.25, 0.3) is 0 Å². The van der Waals surface area contributed by atoms with E-state index in [1.54, 1.807) is 26.4 Å². The van der Waals surface area contributed by atoms with Gasteiger partial charge < -0.3 is 14.2 Å². The predicted molar refractivity (Wildman–Crippen MR) is 75.0 cm³/mol. The molecule has 0 fully saturated rings. The fourth-order valence-electron chi connectivity index (χ4n) is 1.58. The second kappa shape index (κ2) is 9.62. The van der Waals surface area contributed by atoms with Gasteiger partial charge in [0.1, 0.15) is 6.61 Å². The maximum atomic E-state index is 5.64. The van der Waals surface area contributed by atoms with Crippen LogP contribution in [0.15, 0.2) is 42.5 Å². The van der Waals surface area contributed by atoms with Gasteiger partial charge in [-0.1, -0.05) is 36.4 Å². The number of rotatable bonds is 5. The van der Waals surface area contributed by atoms with Crippen LogP contribution in [0.1, 0.15) is 5.56 Å². The maximum absolute atomic E-state index is 5.64. The van der Waals surface area contributed by atoms with E-state index in [1.807, 2.05) is 30.3 Å². The van der Waals surface area contributed by atoms with Crippen molar-refractivity contribution in [2.45, 2.75) is 6.61 Å². The van der Waals surface area contributed by atoms with Gasteiger partial charge in [-0.2, -0.15) is 0 Å². The molecule has 5 heteroatoms. The monoisotopic (exact) mass is 342 g/mol. The van der Waals surface area contributed by atoms with Gasteiger partial charge in [-0.3, -0.25) is 0 Å². The van der Waals surface area contributed by atoms with E-state index in [9.17, 15) is 0 Å². The summed E-state index contributed by atoms with van der Waals surface area (Å²) in [4.78, 5) is 0. The summed E-state index contributed by atoms with van der Waals surface area (Å²) in [7, 11) is 7.95. The third kappa shape index (κ3) is 5.03. The van der Waals surface area contributed by atoms with Gasteiger partial charge in [0.15, 0.2) is 0 Å². The number of methoxy groups -OCH3 is 2. The Balaban J connectivity index is 0.000000956. The second-order valence-electron chi connectivity index (χ2n) is 3.71. The molecule has 0 heterocycles. The Labute approximate surface area is 133 Å². The zero-order valence-electron chi connectivity index (χ0n) is 11.6. The fourth-order valence-corrected chi connectivity index (χ4v) is 1.58. The first kappa shape index (κ1) is 16.8. The van der Waals surface area contributed by atoms with Crippen molar-refractivity contribution in [1.82, 2.24) is 0 Å². The van der Waals surface area contributed by atoms with Gasteiger partial charge in [0, 0.05) is 11.5 Å². The number of hydrogen-bond acceptors (Lipinski definition) is 3. The van der Waals surface area contributed by atoms with Gasteiger partial charge in [0.25, 0.3) is 0 Å². The first-order valence-corrected chi connectivity index (χ1v) is 9.80. The van der Waals surface area contributed by atoms with Gasteiger partial charge in [-0.25, -0.2) is 0 Å². The summed E-state index contributed by atoms with van der Waals surface area (Å²) in [5.74, 6) is 1.92. The minimum atomic E-state index is 0.507.